The largest absolute Gasteiger partial charge is 0.376 e. The van der Waals surface area contributed by atoms with E-state index in [9.17, 15) is 4.79 Å². The van der Waals surface area contributed by atoms with Gasteiger partial charge < -0.3 is 15.4 Å². The summed E-state index contributed by atoms with van der Waals surface area (Å²) in [5.74, 6) is 0.242. The molecule has 5 heteroatoms. The fourth-order valence-corrected chi connectivity index (χ4v) is 3.22. The number of aryl methyl sites for hydroxylation is 1. The van der Waals surface area contributed by atoms with Crippen molar-refractivity contribution in [3.63, 3.8) is 0 Å². The molecule has 1 amide bonds. The lowest BCUT2D eigenvalue weighted by Crippen LogP contribution is -2.32. The Balaban J connectivity index is 1.72. The van der Waals surface area contributed by atoms with Crippen LogP contribution in [0.1, 0.15) is 54.2 Å². The Bertz CT molecular complexity index is 768. The van der Waals surface area contributed by atoms with Gasteiger partial charge in [-0.25, -0.2) is 0 Å². The van der Waals surface area contributed by atoms with Crippen LogP contribution in [0.5, 0.6) is 0 Å². The molecule has 0 spiro atoms. The number of hydrogen-bond donors (Lipinski definition) is 2. The fraction of sp³-hybridized carbons (Fsp3) is 0.429. The zero-order chi connectivity index (χ0) is 18.5. The minimum absolute atomic E-state index is 0.126. The van der Waals surface area contributed by atoms with E-state index in [1.807, 2.05) is 6.07 Å². The van der Waals surface area contributed by atoms with Crippen LogP contribution in [0.15, 0.2) is 36.5 Å². The number of hydrogen-bond acceptors (Lipinski definition) is 4. The van der Waals surface area contributed by atoms with E-state index in [0.717, 1.165) is 30.8 Å². The lowest BCUT2D eigenvalue weighted by atomic mass is 9.98. The van der Waals surface area contributed by atoms with Gasteiger partial charge in [-0.15, -0.1) is 0 Å². The normalized spacial score (nSPS) is 16.7. The molecule has 2 aromatic rings. The highest BCUT2D eigenvalue weighted by molar-refractivity contribution is 5.93. The van der Waals surface area contributed by atoms with E-state index in [4.69, 9.17) is 4.74 Å². The van der Waals surface area contributed by atoms with Crippen LogP contribution in [0.2, 0.25) is 0 Å². The van der Waals surface area contributed by atoms with Gasteiger partial charge in [0.05, 0.1) is 6.10 Å². The SMILES string of the molecule is Cc1cccc(C(C)C)c1Nc1ccnc(C(=O)NCC2CCCO2)c1. The molecule has 138 valence electrons. The van der Waals surface area contributed by atoms with Crippen LogP contribution in [0.4, 0.5) is 11.4 Å². The number of aromatic nitrogens is 1. The number of benzene rings is 1. The number of carbonyl (C=O) groups is 1. The minimum Gasteiger partial charge on any atom is -0.376 e. The van der Waals surface area contributed by atoms with Crippen LogP contribution in [0.3, 0.4) is 0 Å². The van der Waals surface area contributed by atoms with E-state index in [-0.39, 0.29) is 12.0 Å². The summed E-state index contributed by atoms with van der Waals surface area (Å²) in [5.41, 5.74) is 4.80. The summed E-state index contributed by atoms with van der Waals surface area (Å²) in [6.45, 7) is 7.76. The molecule has 5 nitrogen and oxygen atoms in total. The molecular weight excluding hydrogens is 326 g/mol. The fourth-order valence-electron chi connectivity index (χ4n) is 3.22. The van der Waals surface area contributed by atoms with E-state index in [0.29, 0.717) is 18.2 Å². The second-order valence-corrected chi connectivity index (χ2v) is 7.09. The van der Waals surface area contributed by atoms with Gasteiger partial charge in [0, 0.05) is 30.7 Å². The molecule has 2 heterocycles. The van der Waals surface area contributed by atoms with Crippen LogP contribution >= 0.6 is 0 Å². The molecule has 1 unspecified atom stereocenters. The maximum Gasteiger partial charge on any atom is 0.270 e. The van der Waals surface area contributed by atoms with Crippen molar-refractivity contribution in [3.05, 3.63) is 53.3 Å². The summed E-state index contributed by atoms with van der Waals surface area (Å²) >= 11 is 0. The molecule has 1 saturated heterocycles. The first-order valence-electron chi connectivity index (χ1n) is 9.27. The van der Waals surface area contributed by atoms with Crippen molar-refractivity contribution >= 4 is 17.3 Å². The lowest BCUT2D eigenvalue weighted by Gasteiger charge is -2.17. The predicted octanol–water partition coefficient (Wildman–Crippen LogP) is 4.17. The maximum atomic E-state index is 12.4. The van der Waals surface area contributed by atoms with Crippen molar-refractivity contribution in [3.8, 4) is 0 Å². The van der Waals surface area contributed by atoms with Gasteiger partial charge in [-0.05, 0) is 48.9 Å². The zero-order valence-corrected chi connectivity index (χ0v) is 15.7. The molecule has 1 aliphatic heterocycles. The Morgan fingerprint density at radius 2 is 2.19 bits per heavy atom. The molecule has 26 heavy (non-hydrogen) atoms. The highest BCUT2D eigenvalue weighted by atomic mass is 16.5. The molecular formula is C21H27N3O2. The summed E-state index contributed by atoms with van der Waals surface area (Å²) in [7, 11) is 0. The number of anilines is 2. The van der Waals surface area contributed by atoms with Crippen LogP contribution in [-0.4, -0.2) is 30.1 Å². The number of nitrogens with one attached hydrogen (secondary N) is 2. The molecule has 1 aliphatic rings. The summed E-state index contributed by atoms with van der Waals surface area (Å²) in [6.07, 6.45) is 3.85. The molecule has 0 radical (unpaired) electrons. The number of rotatable bonds is 6. The predicted molar refractivity (Wildman–Crippen MR) is 104 cm³/mol. The van der Waals surface area contributed by atoms with Crippen molar-refractivity contribution in [2.45, 2.75) is 45.6 Å². The Morgan fingerprint density at radius 3 is 2.92 bits per heavy atom. The van der Waals surface area contributed by atoms with E-state index in [1.54, 1.807) is 12.3 Å². The molecule has 1 aromatic heterocycles. The summed E-state index contributed by atoms with van der Waals surface area (Å²) in [6, 6.07) is 9.97. The van der Waals surface area contributed by atoms with Gasteiger partial charge in [-0.2, -0.15) is 0 Å². The minimum atomic E-state index is -0.169. The third kappa shape index (κ3) is 4.41. The van der Waals surface area contributed by atoms with Crippen LogP contribution in [0, 0.1) is 6.92 Å². The lowest BCUT2D eigenvalue weighted by molar-refractivity contribution is 0.0854. The number of carbonyl (C=O) groups excluding carboxylic acids is 1. The van der Waals surface area contributed by atoms with E-state index in [2.05, 4.69) is 54.6 Å². The Labute approximate surface area is 155 Å². The quantitative estimate of drug-likeness (QED) is 0.818. The van der Waals surface area contributed by atoms with Gasteiger partial charge in [0.15, 0.2) is 0 Å². The van der Waals surface area contributed by atoms with Gasteiger partial charge in [-0.3, -0.25) is 9.78 Å². The Morgan fingerprint density at radius 1 is 1.35 bits per heavy atom. The Kier molecular flexibility index (Phi) is 5.89. The van der Waals surface area contributed by atoms with Gasteiger partial charge in [0.2, 0.25) is 0 Å². The zero-order valence-electron chi connectivity index (χ0n) is 15.7. The second kappa shape index (κ2) is 8.32. The summed E-state index contributed by atoms with van der Waals surface area (Å²) in [4.78, 5) is 16.6. The molecule has 3 rings (SSSR count). The molecule has 0 aliphatic carbocycles. The monoisotopic (exact) mass is 353 g/mol. The van der Waals surface area contributed by atoms with Crippen LogP contribution in [0.25, 0.3) is 0 Å². The van der Waals surface area contributed by atoms with E-state index < -0.39 is 0 Å². The third-order valence-electron chi connectivity index (χ3n) is 4.70. The molecule has 0 saturated carbocycles. The highest BCUT2D eigenvalue weighted by Gasteiger charge is 2.17. The smallest absolute Gasteiger partial charge is 0.270 e. The second-order valence-electron chi connectivity index (χ2n) is 7.09. The number of pyridine rings is 1. The molecule has 2 N–H and O–H groups in total. The van der Waals surface area contributed by atoms with Crippen molar-refractivity contribution in [1.29, 1.82) is 0 Å². The first-order valence-corrected chi connectivity index (χ1v) is 9.27. The molecule has 0 bridgehead atoms. The van der Waals surface area contributed by atoms with Crippen molar-refractivity contribution in [1.82, 2.24) is 10.3 Å². The summed E-state index contributed by atoms with van der Waals surface area (Å²) in [5, 5.41) is 6.39. The number of ether oxygens (including phenoxy) is 1. The topological polar surface area (TPSA) is 63.2 Å². The van der Waals surface area contributed by atoms with Crippen LogP contribution in [-0.2, 0) is 4.74 Å². The first kappa shape index (κ1) is 18.4. The maximum absolute atomic E-state index is 12.4. The Hall–Kier alpha value is -2.40. The highest BCUT2D eigenvalue weighted by Crippen LogP contribution is 2.30. The number of nitrogens with zero attached hydrogens (tertiary/aromatic N) is 1. The van der Waals surface area contributed by atoms with Gasteiger partial charge >= 0.3 is 0 Å². The molecule has 1 fully saturated rings. The first-order chi connectivity index (χ1) is 12.5. The van der Waals surface area contributed by atoms with Gasteiger partial charge in [0.25, 0.3) is 5.91 Å². The van der Waals surface area contributed by atoms with E-state index in [1.165, 1.54) is 11.1 Å². The standard InChI is InChI=1S/C21H27N3O2/c1-14(2)18-8-4-6-15(3)20(18)24-16-9-10-22-19(12-16)21(25)23-13-17-7-5-11-26-17/h4,6,8-10,12,14,17H,5,7,11,13H2,1-3H3,(H,22,24)(H,23,25). The van der Waals surface area contributed by atoms with Crippen LogP contribution < -0.4 is 10.6 Å². The summed E-state index contributed by atoms with van der Waals surface area (Å²) < 4.78 is 5.54. The van der Waals surface area contributed by atoms with Gasteiger partial charge in [0.1, 0.15) is 5.69 Å². The van der Waals surface area contributed by atoms with Crippen molar-refractivity contribution in [2.75, 3.05) is 18.5 Å². The molecule has 1 atom stereocenters. The number of para-hydroxylation sites is 1. The number of amides is 1. The third-order valence-corrected chi connectivity index (χ3v) is 4.70. The average molecular weight is 353 g/mol. The van der Waals surface area contributed by atoms with Crippen molar-refractivity contribution < 1.29 is 9.53 Å². The van der Waals surface area contributed by atoms with Gasteiger partial charge in [-0.1, -0.05) is 32.0 Å². The average Bonchev–Trinajstić information content (AvgIpc) is 3.15. The van der Waals surface area contributed by atoms with Crippen molar-refractivity contribution in [2.24, 2.45) is 0 Å². The molecule has 1 aromatic carbocycles. The van der Waals surface area contributed by atoms with E-state index >= 15 is 0 Å².